The van der Waals surface area contributed by atoms with Crippen LogP contribution in [0.4, 0.5) is 0 Å². The minimum atomic E-state index is -0.343. The predicted molar refractivity (Wildman–Crippen MR) is 114 cm³/mol. The molecule has 3 aliphatic rings. The number of nitrogens with one attached hydrogen (secondary N) is 2. The first-order valence-electron chi connectivity index (χ1n) is 10.8. The van der Waals surface area contributed by atoms with Crippen molar-refractivity contribution in [2.75, 3.05) is 13.1 Å². The first-order chi connectivity index (χ1) is 14.8. The lowest BCUT2D eigenvalue weighted by Crippen LogP contribution is -3.12. The number of fused-ring (bicyclic) bond motifs is 4. The molecule has 1 unspecified atom stereocenters. The van der Waals surface area contributed by atoms with Gasteiger partial charge in [0, 0.05) is 11.1 Å². The number of piperidine rings is 1. The largest absolute Gasteiger partial charge is 0.470 e. The maximum Gasteiger partial charge on any atom is 0.191 e. The van der Waals surface area contributed by atoms with Gasteiger partial charge in [0.25, 0.3) is 0 Å². The predicted octanol–water partition coefficient (Wildman–Crippen LogP) is 3.15. The molecule has 3 aliphatic heterocycles. The molecule has 2 aromatic carbocycles. The van der Waals surface area contributed by atoms with Crippen molar-refractivity contribution in [2.45, 2.75) is 31.2 Å². The van der Waals surface area contributed by atoms with E-state index in [1.807, 2.05) is 12.1 Å². The molecule has 1 fully saturated rings. The second-order valence-corrected chi connectivity index (χ2v) is 8.48. The number of para-hydroxylation sites is 1. The number of hydrogen-bond acceptors (Lipinski definition) is 4. The summed E-state index contributed by atoms with van der Waals surface area (Å²) in [7, 11) is 0. The van der Waals surface area contributed by atoms with Gasteiger partial charge in [-0.25, -0.2) is 0 Å². The third kappa shape index (κ3) is 2.93. The van der Waals surface area contributed by atoms with Gasteiger partial charge in [-0.15, -0.1) is 0 Å². The van der Waals surface area contributed by atoms with Gasteiger partial charge in [0.15, 0.2) is 11.5 Å². The Hall–Kier alpha value is -3.02. The third-order valence-corrected chi connectivity index (χ3v) is 6.64. The quantitative estimate of drug-likeness (QED) is 0.709. The standard InChI is InChI=1S/C25H25N3O2/c1-2-7-19(8-3-1)18-27-14-12-25(13-15-27)28-22(20-9-4-5-10-23(20)30-25)17-21(26-28)24-11-6-16-29-24/h1-11,16-17,22,26H,12-15,18H2/p+1. The maximum atomic E-state index is 6.72. The summed E-state index contributed by atoms with van der Waals surface area (Å²) in [6.45, 7) is 3.23. The molecule has 1 aromatic heterocycles. The molecule has 0 saturated carbocycles. The molecule has 4 heterocycles. The zero-order chi connectivity index (χ0) is 20.0. The summed E-state index contributed by atoms with van der Waals surface area (Å²) < 4.78 is 12.4. The number of nitrogens with zero attached hydrogens (tertiary/aromatic N) is 1. The first-order valence-corrected chi connectivity index (χ1v) is 10.8. The lowest BCUT2D eigenvalue weighted by molar-refractivity contribution is -0.921. The SMILES string of the molecule is C1=C(c2ccco2)NN2C1c1ccccc1OC21CC[NH+](Cc2ccccc2)CC1. The molecule has 0 radical (unpaired) electrons. The normalized spacial score (nSPS) is 27.7. The summed E-state index contributed by atoms with van der Waals surface area (Å²) >= 11 is 0. The summed E-state index contributed by atoms with van der Waals surface area (Å²) in [6, 6.07) is 23.3. The number of hydrogen-bond donors (Lipinski definition) is 2. The Morgan fingerprint density at radius 2 is 1.77 bits per heavy atom. The van der Waals surface area contributed by atoms with E-state index < -0.39 is 0 Å². The molecular weight excluding hydrogens is 374 g/mol. The number of benzene rings is 2. The van der Waals surface area contributed by atoms with E-state index in [0.29, 0.717) is 0 Å². The van der Waals surface area contributed by atoms with Crippen LogP contribution in [0, 0.1) is 0 Å². The lowest BCUT2D eigenvalue weighted by atomic mass is 9.92. The van der Waals surface area contributed by atoms with Gasteiger partial charge in [-0.3, -0.25) is 0 Å². The van der Waals surface area contributed by atoms with E-state index >= 15 is 0 Å². The highest BCUT2D eigenvalue weighted by molar-refractivity contribution is 5.64. The maximum absolute atomic E-state index is 6.72. The fourth-order valence-corrected chi connectivity index (χ4v) is 5.09. The van der Waals surface area contributed by atoms with Crippen molar-refractivity contribution < 1.29 is 14.1 Å². The summed E-state index contributed by atoms with van der Waals surface area (Å²) in [4.78, 5) is 1.62. The number of rotatable bonds is 3. The molecule has 30 heavy (non-hydrogen) atoms. The third-order valence-electron chi connectivity index (χ3n) is 6.64. The molecular formula is C25H26N3O2+. The molecule has 0 bridgehead atoms. The first kappa shape index (κ1) is 17.8. The van der Waals surface area contributed by atoms with E-state index in [1.165, 1.54) is 11.1 Å². The Morgan fingerprint density at radius 1 is 0.967 bits per heavy atom. The minimum Gasteiger partial charge on any atom is -0.470 e. The van der Waals surface area contributed by atoms with Gasteiger partial charge in [-0.05, 0) is 24.3 Å². The Labute approximate surface area is 176 Å². The van der Waals surface area contributed by atoms with E-state index in [4.69, 9.17) is 9.15 Å². The highest BCUT2D eigenvalue weighted by Gasteiger charge is 2.52. The molecule has 1 saturated heterocycles. The average Bonchev–Trinajstić information content (AvgIpc) is 3.47. The zero-order valence-electron chi connectivity index (χ0n) is 16.9. The fraction of sp³-hybridized carbons (Fsp3) is 0.280. The van der Waals surface area contributed by atoms with Crippen LogP contribution in [0.15, 0.2) is 83.5 Å². The van der Waals surface area contributed by atoms with Gasteiger partial charge < -0.3 is 19.5 Å². The van der Waals surface area contributed by atoms with Gasteiger partial charge >= 0.3 is 0 Å². The molecule has 5 heteroatoms. The number of furan rings is 1. The van der Waals surface area contributed by atoms with Crippen LogP contribution in [-0.2, 0) is 6.54 Å². The van der Waals surface area contributed by atoms with E-state index in [1.54, 1.807) is 11.2 Å². The highest BCUT2D eigenvalue weighted by atomic mass is 16.5. The second kappa shape index (κ2) is 7.04. The van der Waals surface area contributed by atoms with Crippen LogP contribution in [0.1, 0.15) is 35.8 Å². The molecule has 1 atom stereocenters. The van der Waals surface area contributed by atoms with E-state index in [-0.39, 0.29) is 11.8 Å². The molecule has 2 N–H and O–H groups in total. The Bertz CT molecular complexity index is 1050. The van der Waals surface area contributed by atoms with Crippen LogP contribution in [-0.4, -0.2) is 23.8 Å². The monoisotopic (exact) mass is 400 g/mol. The smallest absolute Gasteiger partial charge is 0.191 e. The number of hydrazine groups is 1. The van der Waals surface area contributed by atoms with Crippen molar-refractivity contribution in [1.29, 1.82) is 0 Å². The summed E-state index contributed by atoms with van der Waals surface area (Å²) in [5.41, 5.74) is 6.91. The lowest BCUT2D eigenvalue weighted by Gasteiger charge is -2.50. The van der Waals surface area contributed by atoms with Crippen LogP contribution in [0.3, 0.4) is 0 Å². The van der Waals surface area contributed by atoms with Gasteiger partial charge in [0.1, 0.15) is 12.3 Å². The molecule has 6 rings (SSSR count). The molecule has 3 aromatic rings. The molecule has 5 nitrogen and oxygen atoms in total. The van der Waals surface area contributed by atoms with Crippen LogP contribution >= 0.6 is 0 Å². The fourth-order valence-electron chi connectivity index (χ4n) is 5.09. The van der Waals surface area contributed by atoms with Crippen molar-refractivity contribution in [3.8, 4) is 5.75 Å². The Balaban J connectivity index is 1.28. The highest BCUT2D eigenvalue weighted by Crippen LogP contribution is 2.47. The van der Waals surface area contributed by atoms with Gasteiger partial charge in [-0.2, -0.15) is 5.01 Å². The van der Waals surface area contributed by atoms with Crippen molar-refractivity contribution in [3.63, 3.8) is 0 Å². The van der Waals surface area contributed by atoms with Gasteiger partial charge in [0.05, 0.1) is 43.9 Å². The summed E-state index contributed by atoms with van der Waals surface area (Å²) in [5, 5.41) is 2.33. The molecule has 0 aliphatic carbocycles. The van der Waals surface area contributed by atoms with E-state index in [9.17, 15) is 0 Å². The van der Waals surface area contributed by atoms with Crippen molar-refractivity contribution in [3.05, 3.63) is 96.0 Å². The molecule has 0 amide bonds. The Kier molecular flexibility index (Phi) is 4.18. The van der Waals surface area contributed by atoms with Crippen molar-refractivity contribution in [2.24, 2.45) is 0 Å². The van der Waals surface area contributed by atoms with Crippen LogP contribution in [0.2, 0.25) is 0 Å². The molecule has 152 valence electrons. The van der Waals surface area contributed by atoms with Crippen molar-refractivity contribution in [1.82, 2.24) is 10.4 Å². The summed E-state index contributed by atoms with van der Waals surface area (Å²) in [5.74, 6) is 1.87. The van der Waals surface area contributed by atoms with Crippen molar-refractivity contribution >= 4 is 5.70 Å². The molecule has 1 spiro atoms. The van der Waals surface area contributed by atoms with Crippen LogP contribution in [0.5, 0.6) is 5.75 Å². The van der Waals surface area contributed by atoms with E-state index in [0.717, 1.165) is 49.7 Å². The number of ether oxygens (including phenoxy) is 1. The minimum absolute atomic E-state index is 0.144. The van der Waals surface area contributed by atoms with E-state index in [2.05, 4.69) is 71.1 Å². The second-order valence-electron chi connectivity index (χ2n) is 8.48. The van der Waals surface area contributed by atoms with Gasteiger partial charge in [0.2, 0.25) is 0 Å². The number of quaternary nitrogens is 1. The van der Waals surface area contributed by atoms with Crippen LogP contribution in [0.25, 0.3) is 5.70 Å². The summed E-state index contributed by atoms with van der Waals surface area (Å²) in [6.07, 6.45) is 5.95. The van der Waals surface area contributed by atoms with Crippen LogP contribution < -0.4 is 15.1 Å². The van der Waals surface area contributed by atoms with Gasteiger partial charge in [-0.1, -0.05) is 48.5 Å². The zero-order valence-corrected chi connectivity index (χ0v) is 16.9. The topological polar surface area (TPSA) is 42.1 Å². The average molecular weight is 401 g/mol. The number of likely N-dealkylation sites (tertiary alicyclic amines) is 1. The Morgan fingerprint density at radius 3 is 2.57 bits per heavy atom.